The number of hydrogen-bond donors (Lipinski definition) is 1. The zero-order valence-electron chi connectivity index (χ0n) is 17.9. The molecule has 6 heteroatoms. The van der Waals surface area contributed by atoms with Gasteiger partial charge < -0.3 is 14.8 Å². The first kappa shape index (κ1) is 20.5. The summed E-state index contributed by atoms with van der Waals surface area (Å²) in [6.07, 6.45) is 2.75. The van der Waals surface area contributed by atoms with Gasteiger partial charge in [0.15, 0.2) is 11.5 Å². The Labute approximate surface area is 181 Å². The molecule has 0 bridgehead atoms. The molecule has 31 heavy (non-hydrogen) atoms. The van der Waals surface area contributed by atoms with Crippen molar-refractivity contribution < 1.29 is 14.3 Å². The van der Waals surface area contributed by atoms with Crippen molar-refractivity contribution in [3.05, 3.63) is 78.0 Å². The van der Waals surface area contributed by atoms with Gasteiger partial charge in [0.05, 0.1) is 14.2 Å². The molecule has 0 saturated carbocycles. The number of fused-ring (bicyclic) bond motifs is 1. The molecule has 0 atom stereocenters. The van der Waals surface area contributed by atoms with Crippen molar-refractivity contribution in [2.75, 3.05) is 19.5 Å². The zero-order chi connectivity index (χ0) is 21.8. The number of pyridine rings is 1. The second-order valence-electron chi connectivity index (χ2n) is 7.26. The number of amides is 1. The minimum atomic E-state index is -0.0923. The Hall–Kier alpha value is -3.80. The molecule has 0 aliphatic rings. The van der Waals surface area contributed by atoms with Gasteiger partial charge in [-0.05, 0) is 36.6 Å². The Kier molecular flexibility index (Phi) is 5.89. The van der Waals surface area contributed by atoms with Crippen molar-refractivity contribution in [1.29, 1.82) is 0 Å². The summed E-state index contributed by atoms with van der Waals surface area (Å²) in [5.41, 5.74) is 4.50. The first-order valence-corrected chi connectivity index (χ1v) is 10.1. The highest BCUT2D eigenvalue weighted by Crippen LogP contribution is 2.32. The van der Waals surface area contributed by atoms with Crippen molar-refractivity contribution in [3.8, 4) is 22.8 Å². The topological polar surface area (TPSA) is 64.9 Å². The van der Waals surface area contributed by atoms with Crippen LogP contribution in [0.1, 0.15) is 17.5 Å². The molecular weight excluding hydrogens is 390 g/mol. The maximum Gasteiger partial charge on any atom is 0.225 e. The number of rotatable bonds is 7. The van der Waals surface area contributed by atoms with Gasteiger partial charge in [-0.3, -0.25) is 9.20 Å². The van der Waals surface area contributed by atoms with Gasteiger partial charge in [0.1, 0.15) is 17.2 Å². The summed E-state index contributed by atoms with van der Waals surface area (Å²) in [6.45, 7) is 2.01. The third-order valence-corrected chi connectivity index (χ3v) is 5.26. The number of hydrogen-bond acceptors (Lipinski definition) is 4. The molecule has 4 rings (SSSR count). The molecule has 4 aromatic rings. The maximum atomic E-state index is 12.9. The van der Waals surface area contributed by atoms with E-state index in [9.17, 15) is 4.79 Å². The van der Waals surface area contributed by atoms with Crippen molar-refractivity contribution in [3.63, 3.8) is 0 Å². The fraction of sp³-hybridized carbons (Fsp3) is 0.200. The van der Waals surface area contributed by atoms with E-state index in [-0.39, 0.29) is 5.91 Å². The standard InChI is InChI=1S/C25H25N3O3/c1-17-9-8-16-28-24(17)27-22(18-10-5-4-6-11-18)25(28)26-21(29)15-14-19-12-7-13-20(30-2)23(19)31-3/h4-13,16H,14-15H2,1-3H3,(H,26,29). The van der Waals surface area contributed by atoms with Gasteiger partial charge in [0, 0.05) is 18.2 Å². The number of imidazole rings is 1. The van der Waals surface area contributed by atoms with Crippen LogP contribution in [-0.4, -0.2) is 29.5 Å². The predicted molar refractivity (Wildman–Crippen MR) is 122 cm³/mol. The van der Waals surface area contributed by atoms with Crippen molar-refractivity contribution in [2.24, 2.45) is 0 Å². The van der Waals surface area contributed by atoms with Gasteiger partial charge in [0.2, 0.25) is 5.91 Å². The number of para-hydroxylation sites is 1. The fourth-order valence-corrected chi connectivity index (χ4v) is 3.71. The van der Waals surface area contributed by atoms with E-state index in [4.69, 9.17) is 14.5 Å². The van der Waals surface area contributed by atoms with Crippen LogP contribution in [0, 0.1) is 6.92 Å². The van der Waals surface area contributed by atoms with Gasteiger partial charge in [-0.2, -0.15) is 0 Å². The van der Waals surface area contributed by atoms with E-state index >= 15 is 0 Å². The van der Waals surface area contributed by atoms with Crippen LogP contribution in [0.15, 0.2) is 66.9 Å². The summed E-state index contributed by atoms with van der Waals surface area (Å²) < 4.78 is 12.8. The Bertz CT molecular complexity index is 1220. The first-order chi connectivity index (χ1) is 15.1. The lowest BCUT2D eigenvalue weighted by atomic mass is 10.1. The molecule has 1 N–H and O–H groups in total. The molecule has 2 aromatic heterocycles. The van der Waals surface area contributed by atoms with Crippen LogP contribution in [-0.2, 0) is 11.2 Å². The number of carbonyl (C=O) groups excluding carboxylic acids is 1. The average Bonchev–Trinajstić information content (AvgIpc) is 3.17. The number of methoxy groups -OCH3 is 2. The summed E-state index contributed by atoms with van der Waals surface area (Å²) in [5.74, 6) is 1.90. The smallest absolute Gasteiger partial charge is 0.225 e. The van der Waals surface area contributed by atoms with Crippen LogP contribution in [0.3, 0.4) is 0 Å². The van der Waals surface area contributed by atoms with Crippen LogP contribution in [0.2, 0.25) is 0 Å². The highest BCUT2D eigenvalue weighted by molar-refractivity contribution is 5.95. The number of aromatic nitrogens is 2. The average molecular weight is 415 g/mol. The van der Waals surface area contributed by atoms with E-state index in [2.05, 4.69) is 5.32 Å². The van der Waals surface area contributed by atoms with Gasteiger partial charge >= 0.3 is 0 Å². The molecule has 0 aliphatic carbocycles. The highest BCUT2D eigenvalue weighted by atomic mass is 16.5. The van der Waals surface area contributed by atoms with E-state index in [1.807, 2.05) is 78.2 Å². The molecule has 0 unspecified atom stereocenters. The molecular formula is C25H25N3O3. The molecule has 2 heterocycles. The van der Waals surface area contributed by atoms with Gasteiger partial charge in [-0.15, -0.1) is 0 Å². The third-order valence-electron chi connectivity index (χ3n) is 5.26. The predicted octanol–water partition coefficient (Wildman–Crippen LogP) is 4.90. The van der Waals surface area contributed by atoms with Crippen LogP contribution in [0.5, 0.6) is 11.5 Å². The number of benzene rings is 2. The van der Waals surface area contributed by atoms with Gasteiger partial charge in [-0.25, -0.2) is 4.98 Å². The van der Waals surface area contributed by atoms with Crippen molar-refractivity contribution in [2.45, 2.75) is 19.8 Å². The highest BCUT2D eigenvalue weighted by Gasteiger charge is 2.18. The summed E-state index contributed by atoms with van der Waals surface area (Å²) >= 11 is 0. The van der Waals surface area contributed by atoms with Crippen LogP contribution >= 0.6 is 0 Å². The molecule has 0 fully saturated rings. The molecule has 2 aromatic carbocycles. The maximum absolute atomic E-state index is 12.9. The molecule has 0 aliphatic heterocycles. The monoisotopic (exact) mass is 415 g/mol. The second kappa shape index (κ2) is 8.92. The van der Waals surface area contributed by atoms with Crippen LogP contribution in [0.4, 0.5) is 5.82 Å². The van der Waals surface area contributed by atoms with E-state index < -0.39 is 0 Å². The Morgan fingerprint density at radius 2 is 1.81 bits per heavy atom. The lowest BCUT2D eigenvalue weighted by Gasteiger charge is -2.13. The van der Waals surface area contributed by atoms with Gasteiger partial charge in [-0.1, -0.05) is 48.5 Å². The van der Waals surface area contributed by atoms with E-state index in [1.165, 1.54) is 0 Å². The SMILES string of the molecule is COc1cccc(CCC(=O)Nc2c(-c3ccccc3)nc3c(C)cccn23)c1OC. The zero-order valence-corrected chi connectivity index (χ0v) is 17.9. The van der Waals surface area contributed by atoms with E-state index in [0.717, 1.165) is 28.0 Å². The molecule has 6 nitrogen and oxygen atoms in total. The summed E-state index contributed by atoms with van der Waals surface area (Å²) in [5, 5.41) is 3.09. The number of carbonyl (C=O) groups is 1. The minimum absolute atomic E-state index is 0.0923. The lowest BCUT2D eigenvalue weighted by Crippen LogP contribution is -2.14. The minimum Gasteiger partial charge on any atom is -0.493 e. The van der Waals surface area contributed by atoms with Crippen LogP contribution in [0.25, 0.3) is 16.9 Å². The number of ether oxygens (including phenoxy) is 2. The summed E-state index contributed by atoms with van der Waals surface area (Å²) in [4.78, 5) is 17.7. The Balaban J connectivity index is 1.62. The van der Waals surface area contributed by atoms with Crippen molar-refractivity contribution in [1.82, 2.24) is 9.38 Å². The normalized spacial score (nSPS) is 10.8. The third kappa shape index (κ3) is 4.10. The Morgan fingerprint density at radius 3 is 2.55 bits per heavy atom. The van der Waals surface area contributed by atoms with Crippen LogP contribution < -0.4 is 14.8 Å². The molecule has 1 amide bonds. The van der Waals surface area contributed by atoms with E-state index in [0.29, 0.717) is 30.2 Å². The second-order valence-corrected chi connectivity index (χ2v) is 7.26. The molecule has 158 valence electrons. The molecule has 0 radical (unpaired) electrons. The quantitative estimate of drug-likeness (QED) is 0.466. The number of anilines is 1. The van der Waals surface area contributed by atoms with Gasteiger partial charge in [0.25, 0.3) is 0 Å². The summed E-state index contributed by atoms with van der Waals surface area (Å²) in [7, 11) is 3.21. The Morgan fingerprint density at radius 1 is 1.00 bits per heavy atom. The molecule has 0 spiro atoms. The largest absolute Gasteiger partial charge is 0.493 e. The lowest BCUT2D eigenvalue weighted by molar-refractivity contribution is -0.116. The molecule has 0 saturated heterocycles. The number of nitrogens with zero attached hydrogens (tertiary/aromatic N) is 2. The first-order valence-electron chi connectivity index (χ1n) is 10.1. The van der Waals surface area contributed by atoms with Crippen molar-refractivity contribution >= 4 is 17.4 Å². The number of nitrogens with one attached hydrogen (secondary N) is 1. The van der Waals surface area contributed by atoms with E-state index in [1.54, 1.807) is 14.2 Å². The summed E-state index contributed by atoms with van der Waals surface area (Å²) in [6, 6.07) is 19.5. The number of aryl methyl sites for hydroxylation is 2. The fourth-order valence-electron chi connectivity index (χ4n) is 3.71.